The highest BCUT2D eigenvalue weighted by Crippen LogP contribution is 2.32. The van der Waals surface area contributed by atoms with E-state index in [1.165, 1.54) is 13.4 Å². The van der Waals surface area contributed by atoms with Gasteiger partial charge in [0.1, 0.15) is 17.9 Å². The Morgan fingerprint density at radius 1 is 1.11 bits per heavy atom. The van der Waals surface area contributed by atoms with Crippen molar-refractivity contribution in [3.05, 3.63) is 42.7 Å². The summed E-state index contributed by atoms with van der Waals surface area (Å²) in [5.74, 6) is 1.33. The molecule has 1 aliphatic rings. The molecule has 0 saturated carbocycles. The Hall–Kier alpha value is -2.70. The second kappa shape index (κ2) is 12.5. The third-order valence-corrected chi connectivity index (χ3v) is 7.29. The van der Waals surface area contributed by atoms with Crippen LogP contribution in [0.4, 0.5) is 17.2 Å². The number of morpholine rings is 1. The van der Waals surface area contributed by atoms with Crippen LogP contribution in [0.1, 0.15) is 6.42 Å². The van der Waals surface area contributed by atoms with Gasteiger partial charge in [-0.15, -0.1) is 12.4 Å². The van der Waals surface area contributed by atoms with Gasteiger partial charge in [0, 0.05) is 45.2 Å². The summed E-state index contributed by atoms with van der Waals surface area (Å²) in [6, 6.07) is 10.7. The van der Waals surface area contributed by atoms with E-state index < -0.39 is 10.0 Å². The summed E-state index contributed by atoms with van der Waals surface area (Å²) in [7, 11) is 1.59. The van der Waals surface area contributed by atoms with E-state index in [0.29, 0.717) is 18.1 Å². The molecule has 0 aliphatic carbocycles. The van der Waals surface area contributed by atoms with Crippen molar-refractivity contribution in [3.63, 3.8) is 0 Å². The molecule has 36 heavy (non-hydrogen) atoms. The van der Waals surface area contributed by atoms with Crippen molar-refractivity contribution in [2.24, 2.45) is 0 Å². The Kier molecular flexibility index (Phi) is 9.69. The molecule has 0 amide bonds. The number of anilines is 3. The second-order valence-electron chi connectivity index (χ2n) is 8.46. The van der Waals surface area contributed by atoms with Crippen LogP contribution in [0, 0.1) is 0 Å². The van der Waals surface area contributed by atoms with E-state index in [4.69, 9.17) is 9.47 Å². The average molecular weight is 537 g/mol. The van der Waals surface area contributed by atoms with Crippen molar-refractivity contribution >= 4 is 50.5 Å². The predicted octanol–water partition coefficient (Wildman–Crippen LogP) is 2.87. The predicted molar refractivity (Wildman–Crippen MR) is 144 cm³/mol. The standard InChI is InChI=1S/C24H32N6O4S.ClH/c1-25-35(31,32)19-6-8-23(29(2)3)22(16-19)28-24-20-7-5-18(15-21(20)26-17-27-24)34-12-4-9-30-10-13-33-14-11-30;/h5-8,15-17,25H,4,9-14H2,1-3H3,(H,26,27,28);1H. The summed E-state index contributed by atoms with van der Waals surface area (Å²) >= 11 is 0. The zero-order chi connectivity index (χ0) is 24.8. The van der Waals surface area contributed by atoms with E-state index in [-0.39, 0.29) is 17.3 Å². The molecule has 0 radical (unpaired) electrons. The first-order valence-corrected chi connectivity index (χ1v) is 13.1. The van der Waals surface area contributed by atoms with Gasteiger partial charge in [0.05, 0.1) is 41.6 Å². The highest BCUT2D eigenvalue weighted by molar-refractivity contribution is 7.89. The Balaban J connectivity index is 0.00000361. The molecule has 2 N–H and O–H groups in total. The van der Waals surface area contributed by atoms with Crippen LogP contribution in [0.2, 0.25) is 0 Å². The largest absolute Gasteiger partial charge is 0.493 e. The lowest BCUT2D eigenvalue weighted by Crippen LogP contribution is -2.37. The Labute approximate surface area is 218 Å². The van der Waals surface area contributed by atoms with Gasteiger partial charge in [0.25, 0.3) is 0 Å². The highest BCUT2D eigenvalue weighted by Gasteiger charge is 2.16. The molecule has 0 bridgehead atoms. The summed E-state index contributed by atoms with van der Waals surface area (Å²) in [5.41, 5.74) is 2.18. The van der Waals surface area contributed by atoms with Crippen molar-refractivity contribution in [1.82, 2.24) is 19.6 Å². The molecule has 2 aromatic carbocycles. The number of ether oxygens (including phenoxy) is 2. The first-order chi connectivity index (χ1) is 16.9. The van der Waals surface area contributed by atoms with E-state index in [0.717, 1.165) is 61.6 Å². The minimum Gasteiger partial charge on any atom is -0.493 e. The SMILES string of the molecule is CNS(=O)(=O)c1ccc(N(C)C)c(Nc2ncnc3cc(OCCCN4CCOCC4)ccc23)c1.Cl. The fourth-order valence-electron chi connectivity index (χ4n) is 3.95. The number of sulfonamides is 1. The lowest BCUT2D eigenvalue weighted by molar-refractivity contribution is 0.0358. The molecule has 3 aromatic rings. The quantitative estimate of drug-likeness (QED) is 0.378. The Morgan fingerprint density at radius 3 is 2.61 bits per heavy atom. The first kappa shape index (κ1) is 27.9. The fraction of sp³-hybridized carbons (Fsp3) is 0.417. The van der Waals surface area contributed by atoms with E-state index in [1.54, 1.807) is 18.2 Å². The van der Waals surface area contributed by atoms with Gasteiger partial charge in [-0.3, -0.25) is 4.90 Å². The van der Waals surface area contributed by atoms with Gasteiger partial charge in [-0.25, -0.2) is 23.1 Å². The molecule has 4 rings (SSSR count). The van der Waals surface area contributed by atoms with E-state index >= 15 is 0 Å². The average Bonchev–Trinajstić information content (AvgIpc) is 2.87. The zero-order valence-corrected chi connectivity index (χ0v) is 22.4. The van der Waals surface area contributed by atoms with Crippen LogP contribution in [0.25, 0.3) is 10.9 Å². The summed E-state index contributed by atoms with van der Waals surface area (Å²) in [6.45, 7) is 5.16. The van der Waals surface area contributed by atoms with Gasteiger partial charge in [0.2, 0.25) is 10.0 Å². The lowest BCUT2D eigenvalue weighted by Gasteiger charge is -2.26. The molecule has 1 aromatic heterocycles. The lowest BCUT2D eigenvalue weighted by atomic mass is 10.2. The number of nitrogens with one attached hydrogen (secondary N) is 2. The number of aromatic nitrogens is 2. The zero-order valence-electron chi connectivity index (χ0n) is 20.7. The van der Waals surface area contributed by atoms with Crippen molar-refractivity contribution in [2.45, 2.75) is 11.3 Å². The van der Waals surface area contributed by atoms with Gasteiger partial charge in [-0.05, 0) is 43.8 Å². The molecule has 0 unspecified atom stereocenters. The van der Waals surface area contributed by atoms with Crippen LogP contribution < -0.4 is 19.7 Å². The molecule has 0 spiro atoms. The van der Waals surface area contributed by atoms with Gasteiger partial charge in [0.15, 0.2) is 0 Å². The normalized spacial score (nSPS) is 14.3. The number of halogens is 1. The van der Waals surface area contributed by atoms with Crippen molar-refractivity contribution in [2.75, 3.05) is 70.8 Å². The van der Waals surface area contributed by atoms with Crippen LogP contribution in [0.15, 0.2) is 47.6 Å². The van der Waals surface area contributed by atoms with Crippen LogP contribution in [0.3, 0.4) is 0 Å². The number of benzene rings is 2. The molecule has 1 aliphatic heterocycles. The summed E-state index contributed by atoms with van der Waals surface area (Å²) in [5, 5.41) is 4.11. The monoisotopic (exact) mass is 536 g/mol. The van der Waals surface area contributed by atoms with Crippen LogP contribution in [-0.2, 0) is 14.8 Å². The molecular weight excluding hydrogens is 504 g/mol. The molecule has 10 nitrogen and oxygen atoms in total. The maximum atomic E-state index is 12.3. The molecular formula is C24H33ClN6O4S. The van der Waals surface area contributed by atoms with Crippen molar-refractivity contribution in [3.8, 4) is 5.75 Å². The molecule has 0 atom stereocenters. The maximum absolute atomic E-state index is 12.3. The Morgan fingerprint density at radius 2 is 1.89 bits per heavy atom. The second-order valence-corrected chi connectivity index (χ2v) is 10.3. The van der Waals surface area contributed by atoms with Crippen LogP contribution >= 0.6 is 12.4 Å². The number of rotatable bonds is 10. The molecule has 1 fully saturated rings. The number of hydrogen-bond donors (Lipinski definition) is 2. The fourth-order valence-corrected chi connectivity index (χ4v) is 4.70. The number of hydrogen-bond acceptors (Lipinski definition) is 9. The number of nitrogens with zero attached hydrogens (tertiary/aromatic N) is 4. The highest BCUT2D eigenvalue weighted by atomic mass is 35.5. The molecule has 196 valence electrons. The molecule has 12 heteroatoms. The number of fused-ring (bicyclic) bond motifs is 1. The van der Waals surface area contributed by atoms with Crippen molar-refractivity contribution < 1.29 is 17.9 Å². The Bertz CT molecular complexity index is 1270. The van der Waals surface area contributed by atoms with Gasteiger partial charge < -0.3 is 19.7 Å². The van der Waals surface area contributed by atoms with E-state index in [1.807, 2.05) is 37.2 Å². The van der Waals surface area contributed by atoms with E-state index in [9.17, 15) is 8.42 Å². The molecule has 1 saturated heterocycles. The van der Waals surface area contributed by atoms with Crippen LogP contribution in [0.5, 0.6) is 5.75 Å². The smallest absolute Gasteiger partial charge is 0.240 e. The minimum atomic E-state index is -3.59. The summed E-state index contributed by atoms with van der Waals surface area (Å²) < 4.78 is 38.4. The molecule has 2 heterocycles. The van der Waals surface area contributed by atoms with Crippen LogP contribution in [-0.4, -0.2) is 83.9 Å². The van der Waals surface area contributed by atoms with Gasteiger partial charge in [-0.2, -0.15) is 0 Å². The van der Waals surface area contributed by atoms with Crippen molar-refractivity contribution in [1.29, 1.82) is 0 Å². The van der Waals surface area contributed by atoms with Gasteiger partial charge in [-0.1, -0.05) is 0 Å². The topological polar surface area (TPSA) is 109 Å². The summed E-state index contributed by atoms with van der Waals surface area (Å²) in [4.78, 5) is 13.3. The van der Waals surface area contributed by atoms with Gasteiger partial charge >= 0.3 is 0 Å². The minimum absolute atomic E-state index is 0. The summed E-state index contributed by atoms with van der Waals surface area (Å²) in [6.07, 6.45) is 2.42. The third-order valence-electron chi connectivity index (χ3n) is 5.88. The van der Waals surface area contributed by atoms with E-state index in [2.05, 4.69) is 24.9 Å². The third kappa shape index (κ3) is 6.74. The maximum Gasteiger partial charge on any atom is 0.240 e. The first-order valence-electron chi connectivity index (χ1n) is 11.6.